The normalized spacial score (nSPS) is 28.0. The van der Waals surface area contributed by atoms with Crippen LogP contribution in [0.15, 0.2) is 9.59 Å². The van der Waals surface area contributed by atoms with E-state index in [0.29, 0.717) is 18.8 Å². The summed E-state index contributed by atoms with van der Waals surface area (Å²) in [6.45, 7) is 2.37. The molecular formula is C11H18N4O3. The summed E-state index contributed by atoms with van der Waals surface area (Å²) in [6.07, 6.45) is 3.53. The van der Waals surface area contributed by atoms with Crippen molar-refractivity contribution in [3.05, 3.63) is 20.8 Å². The molecule has 0 saturated heterocycles. The lowest BCUT2D eigenvalue weighted by Crippen LogP contribution is -2.42. The van der Waals surface area contributed by atoms with Crippen molar-refractivity contribution in [1.82, 2.24) is 15.2 Å². The van der Waals surface area contributed by atoms with Crippen LogP contribution in [0.4, 0.5) is 5.82 Å². The van der Waals surface area contributed by atoms with Gasteiger partial charge in [-0.1, -0.05) is 19.8 Å². The standard InChI is InChI=1S/C11H18N4O3/c1-7-3-2-4-11(18,5-7)6-12-8-9(16)13-10(17)15-14-8/h7,18H,2-6H2,1H3,(H,12,14)(H2,13,15,16,17). The Morgan fingerprint density at radius 3 is 3.00 bits per heavy atom. The first-order valence-electron chi connectivity index (χ1n) is 6.14. The maximum atomic E-state index is 11.4. The molecule has 1 aliphatic carbocycles. The van der Waals surface area contributed by atoms with Gasteiger partial charge >= 0.3 is 5.69 Å². The zero-order valence-corrected chi connectivity index (χ0v) is 10.3. The predicted octanol–water partition coefficient (Wildman–Crippen LogP) is -0.189. The van der Waals surface area contributed by atoms with E-state index in [4.69, 9.17) is 0 Å². The summed E-state index contributed by atoms with van der Waals surface area (Å²) < 4.78 is 0. The minimum absolute atomic E-state index is 0.0289. The van der Waals surface area contributed by atoms with Crippen molar-refractivity contribution in [2.75, 3.05) is 11.9 Å². The van der Waals surface area contributed by atoms with Crippen LogP contribution in [0.5, 0.6) is 0 Å². The Morgan fingerprint density at radius 2 is 2.33 bits per heavy atom. The highest BCUT2D eigenvalue weighted by Crippen LogP contribution is 2.31. The number of aliphatic hydroxyl groups is 1. The summed E-state index contributed by atoms with van der Waals surface area (Å²) in [7, 11) is 0. The number of rotatable bonds is 3. The van der Waals surface area contributed by atoms with Crippen LogP contribution < -0.4 is 16.6 Å². The average Bonchev–Trinajstić information content (AvgIpc) is 2.27. The zero-order valence-electron chi connectivity index (χ0n) is 10.3. The van der Waals surface area contributed by atoms with Gasteiger partial charge < -0.3 is 10.4 Å². The highest BCUT2D eigenvalue weighted by molar-refractivity contribution is 5.29. The lowest BCUT2D eigenvalue weighted by molar-refractivity contribution is -0.000859. The maximum absolute atomic E-state index is 11.4. The van der Waals surface area contributed by atoms with Gasteiger partial charge in [0.1, 0.15) is 0 Å². The van der Waals surface area contributed by atoms with Crippen LogP contribution in [0.1, 0.15) is 32.6 Å². The summed E-state index contributed by atoms with van der Waals surface area (Å²) >= 11 is 0. The monoisotopic (exact) mass is 254 g/mol. The van der Waals surface area contributed by atoms with Crippen LogP contribution in [-0.4, -0.2) is 32.4 Å². The molecule has 7 heteroatoms. The molecule has 0 amide bonds. The van der Waals surface area contributed by atoms with Crippen LogP contribution in [0, 0.1) is 5.92 Å². The van der Waals surface area contributed by atoms with Crippen molar-refractivity contribution in [2.45, 2.75) is 38.2 Å². The largest absolute Gasteiger partial charge is 0.388 e. The summed E-state index contributed by atoms with van der Waals surface area (Å²) in [6, 6.07) is 0. The molecule has 4 N–H and O–H groups in total. The van der Waals surface area contributed by atoms with Crippen LogP contribution in [0.25, 0.3) is 0 Å². The van der Waals surface area contributed by atoms with Gasteiger partial charge in [0.25, 0.3) is 5.56 Å². The van der Waals surface area contributed by atoms with E-state index in [1.165, 1.54) is 0 Å². The molecule has 1 aliphatic rings. The van der Waals surface area contributed by atoms with E-state index >= 15 is 0 Å². The average molecular weight is 254 g/mol. The molecule has 100 valence electrons. The Hall–Kier alpha value is -1.63. The molecule has 2 rings (SSSR count). The number of aromatic amines is 2. The summed E-state index contributed by atoms with van der Waals surface area (Å²) in [4.78, 5) is 24.3. The van der Waals surface area contributed by atoms with Gasteiger partial charge in [-0.2, -0.15) is 0 Å². The molecular weight excluding hydrogens is 236 g/mol. The Bertz CT molecular complexity index is 524. The van der Waals surface area contributed by atoms with Crippen molar-refractivity contribution >= 4 is 5.82 Å². The van der Waals surface area contributed by atoms with Gasteiger partial charge in [0, 0.05) is 6.54 Å². The van der Waals surface area contributed by atoms with E-state index in [2.05, 4.69) is 27.4 Å². The molecule has 0 spiro atoms. The van der Waals surface area contributed by atoms with E-state index in [1.54, 1.807) is 0 Å². The summed E-state index contributed by atoms with van der Waals surface area (Å²) in [5.74, 6) is 0.508. The van der Waals surface area contributed by atoms with Crippen molar-refractivity contribution in [3.63, 3.8) is 0 Å². The van der Waals surface area contributed by atoms with Crippen LogP contribution in [0.3, 0.4) is 0 Å². The summed E-state index contributed by atoms with van der Waals surface area (Å²) in [5, 5.41) is 18.9. The van der Waals surface area contributed by atoms with Gasteiger partial charge in [-0.25, -0.2) is 9.89 Å². The topological polar surface area (TPSA) is 111 Å². The van der Waals surface area contributed by atoms with Crippen LogP contribution in [-0.2, 0) is 0 Å². The first-order valence-corrected chi connectivity index (χ1v) is 6.14. The third-order valence-corrected chi connectivity index (χ3v) is 3.36. The number of hydrogen-bond acceptors (Lipinski definition) is 5. The number of hydrogen-bond donors (Lipinski definition) is 4. The van der Waals surface area contributed by atoms with E-state index in [1.807, 2.05) is 0 Å². The SMILES string of the molecule is CC1CCCC(O)(CNc2n[nH]c(=O)[nH]c2=O)C1. The third-order valence-electron chi connectivity index (χ3n) is 3.36. The molecule has 2 unspecified atom stereocenters. The zero-order chi connectivity index (χ0) is 13.2. The smallest absolute Gasteiger partial charge is 0.342 e. The Balaban J connectivity index is 2.02. The molecule has 2 atom stereocenters. The number of anilines is 1. The van der Waals surface area contributed by atoms with Crippen molar-refractivity contribution in [2.24, 2.45) is 5.92 Å². The fraction of sp³-hybridized carbons (Fsp3) is 0.727. The molecule has 0 aliphatic heterocycles. The molecule has 18 heavy (non-hydrogen) atoms. The Morgan fingerprint density at radius 1 is 1.56 bits per heavy atom. The Labute approximate surface area is 104 Å². The van der Waals surface area contributed by atoms with Gasteiger partial charge in [0.15, 0.2) is 0 Å². The lowest BCUT2D eigenvalue weighted by Gasteiger charge is -2.35. The van der Waals surface area contributed by atoms with Crippen molar-refractivity contribution in [1.29, 1.82) is 0 Å². The second kappa shape index (κ2) is 4.93. The van der Waals surface area contributed by atoms with Crippen molar-refractivity contribution < 1.29 is 5.11 Å². The lowest BCUT2D eigenvalue weighted by atomic mass is 9.79. The number of nitrogens with one attached hydrogen (secondary N) is 3. The fourth-order valence-corrected chi connectivity index (χ4v) is 2.51. The first kappa shape index (κ1) is 12.8. The van der Waals surface area contributed by atoms with Crippen LogP contribution >= 0.6 is 0 Å². The highest BCUT2D eigenvalue weighted by Gasteiger charge is 2.32. The van der Waals surface area contributed by atoms with E-state index in [9.17, 15) is 14.7 Å². The van der Waals surface area contributed by atoms with Gasteiger partial charge in [0.2, 0.25) is 5.82 Å². The molecule has 0 bridgehead atoms. The van der Waals surface area contributed by atoms with E-state index < -0.39 is 16.9 Å². The van der Waals surface area contributed by atoms with Gasteiger partial charge in [-0.15, -0.1) is 5.10 Å². The van der Waals surface area contributed by atoms with Crippen molar-refractivity contribution in [3.8, 4) is 0 Å². The quantitative estimate of drug-likeness (QED) is 0.597. The molecule has 1 saturated carbocycles. The minimum Gasteiger partial charge on any atom is -0.388 e. The number of nitrogens with zero attached hydrogens (tertiary/aromatic N) is 1. The summed E-state index contributed by atoms with van der Waals surface area (Å²) in [5.41, 5.74) is -2.02. The minimum atomic E-state index is -0.804. The molecule has 0 aromatic carbocycles. The molecule has 1 aromatic heterocycles. The third kappa shape index (κ3) is 2.98. The van der Waals surface area contributed by atoms with Gasteiger partial charge in [-0.05, 0) is 18.8 Å². The second-order valence-corrected chi connectivity index (χ2v) is 5.13. The molecule has 1 aromatic rings. The van der Waals surface area contributed by atoms with Gasteiger partial charge in [-0.3, -0.25) is 9.78 Å². The number of aromatic nitrogens is 3. The Kier molecular flexibility index (Phi) is 3.51. The molecule has 7 nitrogen and oxygen atoms in total. The molecule has 0 radical (unpaired) electrons. The molecule has 1 fully saturated rings. The maximum Gasteiger partial charge on any atom is 0.342 e. The fourth-order valence-electron chi connectivity index (χ4n) is 2.51. The van der Waals surface area contributed by atoms with E-state index in [0.717, 1.165) is 12.8 Å². The predicted molar refractivity (Wildman–Crippen MR) is 66.5 cm³/mol. The number of H-pyrrole nitrogens is 2. The first-order chi connectivity index (χ1) is 8.48. The molecule has 1 heterocycles. The van der Waals surface area contributed by atoms with E-state index in [-0.39, 0.29) is 12.4 Å². The van der Waals surface area contributed by atoms with Gasteiger partial charge in [0.05, 0.1) is 5.60 Å². The second-order valence-electron chi connectivity index (χ2n) is 5.13. The highest BCUT2D eigenvalue weighted by atomic mass is 16.3. The van der Waals surface area contributed by atoms with Crippen LogP contribution in [0.2, 0.25) is 0 Å².